The summed E-state index contributed by atoms with van der Waals surface area (Å²) in [5.74, 6) is -1.45. The van der Waals surface area contributed by atoms with E-state index in [9.17, 15) is 14.3 Å². The van der Waals surface area contributed by atoms with E-state index in [1.807, 2.05) is 26.8 Å². The molecule has 0 radical (unpaired) electrons. The first-order valence-electron chi connectivity index (χ1n) is 7.70. The highest BCUT2D eigenvalue weighted by molar-refractivity contribution is 5.89. The zero-order valence-corrected chi connectivity index (χ0v) is 14.0. The molecule has 3 rings (SSSR count). The number of rotatable bonds is 3. The zero-order chi connectivity index (χ0) is 17.6. The largest absolute Gasteiger partial charge is 0.477 e. The Morgan fingerprint density at radius 1 is 1.25 bits per heavy atom. The monoisotopic (exact) mass is 327 g/mol. The number of aromatic nitrogens is 3. The van der Waals surface area contributed by atoms with Gasteiger partial charge in [0.2, 0.25) is 0 Å². The Kier molecular flexibility index (Phi) is 3.83. The summed E-state index contributed by atoms with van der Waals surface area (Å²) in [7, 11) is 0. The van der Waals surface area contributed by atoms with E-state index in [0.717, 1.165) is 11.3 Å². The number of aryl methyl sites for hydroxylation is 2. The van der Waals surface area contributed by atoms with Crippen LogP contribution >= 0.6 is 0 Å². The molecule has 0 saturated carbocycles. The lowest BCUT2D eigenvalue weighted by Gasteiger charge is -2.10. The van der Waals surface area contributed by atoms with Crippen LogP contribution in [0.2, 0.25) is 0 Å². The Bertz CT molecular complexity index is 940. The van der Waals surface area contributed by atoms with Gasteiger partial charge < -0.3 is 5.11 Å². The lowest BCUT2D eigenvalue weighted by atomic mass is 10.00. The number of nitrogens with zero attached hydrogens (tertiary/aromatic N) is 3. The van der Waals surface area contributed by atoms with Gasteiger partial charge in [0.1, 0.15) is 5.82 Å². The van der Waals surface area contributed by atoms with Crippen molar-refractivity contribution in [3.05, 3.63) is 52.7 Å². The number of hydrogen-bond acceptors (Lipinski definition) is 3. The van der Waals surface area contributed by atoms with Crippen LogP contribution in [0, 0.1) is 19.7 Å². The Labute approximate surface area is 138 Å². The normalized spacial score (nSPS) is 11.4. The molecule has 5 nitrogen and oxygen atoms in total. The van der Waals surface area contributed by atoms with Gasteiger partial charge in [-0.15, -0.1) is 0 Å². The van der Waals surface area contributed by atoms with Gasteiger partial charge >= 0.3 is 5.97 Å². The van der Waals surface area contributed by atoms with Crippen molar-refractivity contribution in [2.75, 3.05) is 0 Å². The van der Waals surface area contributed by atoms with Gasteiger partial charge in [-0.3, -0.25) is 0 Å². The fraction of sp³-hybridized carbons (Fsp3) is 0.278. The molecule has 0 aliphatic carbocycles. The third-order valence-corrected chi connectivity index (χ3v) is 4.07. The summed E-state index contributed by atoms with van der Waals surface area (Å²) in [5.41, 5.74) is 3.33. The summed E-state index contributed by atoms with van der Waals surface area (Å²) >= 11 is 0. The quantitative estimate of drug-likeness (QED) is 0.790. The van der Waals surface area contributed by atoms with Crippen LogP contribution in [0.25, 0.3) is 16.8 Å². The van der Waals surface area contributed by atoms with E-state index in [0.29, 0.717) is 22.5 Å². The minimum Gasteiger partial charge on any atom is -0.477 e. The van der Waals surface area contributed by atoms with E-state index >= 15 is 0 Å². The molecule has 24 heavy (non-hydrogen) atoms. The van der Waals surface area contributed by atoms with E-state index in [-0.39, 0.29) is 17.4 Å². The van der Waals surface area contributed by atoms with Crippen molar-refractivity contribution in [1.82, 2.24) is 14.6 Å². The third-order valence-electron chi connectivity index (χ3n) is 4.07. The fourth-order valence-electron chi connectivity index (χ4n) is 2.91. The Morgan fingerprint density at radius 3 is 2.54 bits per heavy atom. The number of halogens is 1. The molecule has 0 amide bonds. The average molecular weight is 327 g/mol. The van der Waals surface area contributed by atoms with Crippen molar-refractivity contribution in [3.63, 3.8) is 0 Å². The molecule has 124 valence electrons. The highest BCUT2D eigenvalue weighted by Crippen LogP contribution is 2.33. The predicted molar refractivity (Wildman–Crippen MR) is 88.9 cm³/mol. The topological polar surface area (TPSA) is 67.5 Å². The van der Waals surface area contributed by atoms with E-state index < -0.39 is 5.97 Å². The summed E-state index contributed by atoms with van der Waals surface area (Å²) < 4.78 is 16.1. The third kappa shape index (κ3) is 2.44. The molecule has 6 heteroatoms. The van der Waals surface area contributed by atoms with Crippen LogP contribution in [0.5, 0.6) is 0 Å². The lowest BCUT2D eigenvalue weighted by molar-refractivity contribution is 0.0690. The molecule has 1 N–H and O–H groups in total. The minimum atomic E-state index is -1.12. The predicted octanol–water partition coefficient (Wildman–Crippen LogP) is 3.97. The zero-order valence-electron chi connectivity index (χ0n) is 14.0. The Hall–Kier alpha value is -2.76. The van der Waals surface area contributed by atoms with E-state index in [4.69, 9.17) is 0 Å². The van der Waals surface area contributed by atoms with Gasteiger partial charge in [0.25, 0.3) is 0 Å². The van der Waals surface area contributed by atoms with Crippen LogP contribution in [0.1, 0.15) is 47.2 Å². The first kappa shape index (κ1) is 16.1. The molecule has 0 saturated heterocycles. The van der Waals surface area contributed by atoms with Gasteiger partial charge in [0.05, 0.1) is 11.3 Å². The number of fused-ring (bicyclic) bond motifs is 1. The van der Waals surface area contributed by atoms with Gasteiger partial charge in [-0.1, -0.05) is 26.0 Å². The summed E-state index contributed by atoms with van der Waals surface area (Å²) in [4.78, 5) is 15.7. The van der Waals surface area contributed by atoms with Crippen molar-refractivity contribution in [1.29, 1.82) is 0 Å². The van der Waals surface area contributed by atoms with Crippen LogP contribution < -0.4 is 0 Å². The van der Waals surface area contributed by atoms with Crippen molar-refractivity contribution in [2.45, 2.75) is 33.6 Å². The summed E-state index contributed by atoms with van der Waals surface area (Å²) in [6.07, 6.45) is 0. The molecule has 0 atom stereocenters. The minimum absolute atomic E-state index is 0.0440. The molecule has 3 aromatic rings. The number of hydrogen-bond donors (Lipinski definition) is 1. The van der Waals surface area contributed by atoms with Crippen LogP contribution in [0.15, 0.2) is 24.3 Å². The van der Waals surface area contributed by atoms with E-state index in [1.165, 1.54) is 12.1 Å². The lowest BCUT2D eigenvalue weighted by Crippen LogP contribution is -2.09. The summed E-state index contributed by atoms with van der Waals surface area (Å²) in [6.45, 7) is 7.49. The molecule has 2 heterocycles. The second-order valence-corrected chi connectivity index (χ2v) is 6.15. The number of carbonyl (C=O) groups is 1. The van der Waals surface area contributed by atoms with Crippen LogP contribution in [0.3, 0.4) is 0 Å². The van der Waals surface area contributed by atoms with Gasteiger partial charge in [-0.25, -0.2) is 18.7 Å². The standard InChI is InChI=1S/C18H18FN3O2/c1-9(2)14-8-13(18(23)24)20-17-16(11(4)21-22(14)17)15-10(3)6-5-7-12(15)19/h5-9H,1-4H3,(H,23,24). The first-order chi connectivity index (χ1) is 11.3. The second kappa shape index (κ2) is 5.70. The maximum absolute atomic E-state index is 14.5. The molecule has 0 spiro atoms. The SMILES string of the molecule is Cc1cccc(F)c1-c1c(C)nn2c(C(C)C)cc(C(=O)O)nc12. The molecular formula is C18H18FN3O2. The Morgan fingerprint density at radius 2 is 1.96 bits per heavy atom. The van der Waals surface area contributed by atoms with E-state index in [2.05, 4.69) is 10.1 Å². The smallest absolute Gasteiger partial charge is 0.354 e. The van der Waals surface area contributed by atoms with Gasteiger partial charge in [-0.05, 0) is 37.5 Å². The van der Waals surface area contributed by atoms with Gasteiger partial charge in [0, 0.05) is 11.3 Å². The van der Waals surface area contributed by atoms with E-state index in [1.54, 1.807) is 17.5 Å². The van der Waals surface area contributed by atoms with Crippen molar-refractivity contribution in [2.24, 2.45) is 0 Å². The molecule has 0 bridgehead atoms. The van der Waals surface area contributed by atoms with Crippen molar-refractivity contribution in [3.8, 4) is 11.1 Å². The summed E-state index contributed by atoms with van der Waals surface area (Å²) in [6, 6.07) is 6.36. The Balaban J connectivity index is 2.46. The number of carboxylic acids is 1. The summed E-state index contributed by atoms with van der Waals surface area (Å²) in [5, 5.41) is 13.8. The highest BCUT2D eigenvalue weighted by atomic mass is 19.1. The number of carboxylic acid groups (broad SMARTS) is 1. The second-order valence-electron chi connectivity index (χ2n) is 6.15. The van der Waals surface area contributed by atoms with Gasteiger partial charge in [0.15, 0.2) is 11.3 Å². The van der Waals surface area contributed by atoms with Gasteiger partial charge in [-0.2, -0.15) is 5.10 Å². The number of aromatic carboxylic acids is 1. The molecular weight excluding hydrogens is 309 g/mol. The number of benzene rings is 1. The maximum Gasteiger partial charge on any atom is 0.354 e. The molecule has 2 aromatic heterocycles. The molecule has 1 aromatic carbocycles. The molecule has 0 fully saturated rings. The van der Waals surface area contributed by atoms with Crippen molar-refractivity contribution >= 4 is 11.6 Å². The fourth-order valence-corrected chi connectivity index (χ4v) is 2.91. The maximum atomic E-state index is 14.5. The van der Waals surface area contributed by atoms with Crippen LogP contribution in [0.4, 0.5) is 4.39 Å². The van der Waals surface area contributed by atoms with Crippen molar-refractivity contribution < 1.29 is 14.3 Å². The first-order valence-corrected chi connectivity index (χ1v) is 7.70. The molecule has 0 aliphatic heterocycles. The molecule has 0 aliphatic rings. The average Bonchev–Trinajstić information content (AvgIpc) is 2.82. The molecule has 0 unspecified atom stereocenters. The van der Waals surface area contributed by atoms with Crippen LogP contribution in [-0.2, 0) is 0 Å². The van der Waals surface area contributed by atoms with Crippen LogP contribution in [-0.4, -0.2) is 25.7 Å². The highest BCUT2D eigenvalue weighted by Gasteiger charge is 2.22.